The maximum absolute atomic E-state index is 6.13. The summed E-state index contributed by atoms with van der Waals surface area (Å²) in [6.07, 6.45) is 0. The Labute approximate surface area is 110 Å². The van der Waals surface area contributed by atoms with Gasteiger partial charge < -0.3 is 16.8 Å². The van der Waals surface area contributed by atoms with Gasteiger partial charge in [0.05, 0.1) is 6.04 Å². The van der Waals surface area contributed by atoms with Crippen molar-refractivity contribution >= 4 is 29.2 Å². The van der Waals surface area contributed by atoms with Crippen LogP contribution in [0.3, 0.4) is 0 Å². The number of nitrogen functional groups attached to an aromatic ring is 2. The molecular weight excluding hydrogens is 250 g/mol. The molecule has 94 valence electrons. The Hall–Kier alpha value is -2.01. The van der Waals surface area contributed by atoms with E-state index in [1.54, 1.807) is 6.07 Å². The zero-order chi connectivity index (χ0) is 13.1. The van der Waals surface area contributed by atoms with E-state index in [1.165, 1.54) is 0 Å². The second kappa shape index (κ2) is 5.10. The van der Waals surface area contributed by atoms with Crippen LogP contribution >= 0.6 is 11.6 Å². The quantitative estimate of drug-likeness (QED) is 0.791. The molecule has 0 fully saturated rings. The number of nitrogens with two attached hydrogens (primary N) is 2. The predicted octanol–water partition coefficient (Wildman–Crippen LogP) is 2.47. The van der Waals surface area contributed by atoms with E-state index >= 15 is 0 Å². The van der Waals surface area contributed by atoms with Crippen LogP contribution < -0.4 is 16.8 Å². The standard InChI is InChI=1S/C12H14ClN5/c1-7(8-4-2-3-5-9(8)13)16-11-6-10(14)17-12(15)18-11/h2-7H,1H3,(H5,14,15,16,17,18). The van der Waals surface area contributed by atoms with E-state index in [0.717, 1.165) is 5.56 Å². The fourth-order valence-electron chi connectivity index (χ4n) is 1.69. The second-order valence-electron chi connectivity index (χ2n) is 3.92. The fourth-order valence-corrected chi connectivity index (χ4v) is 1.98. The van der Waals surface area contributed by atoms with Gasteiger partial charge in [-0.1, -0.05) is 29.8 Å². The van der Waals surface area contributed by atoms with Crippen molar-refractivity contribution in [2.45, 2.75) is 13.0 Å². The first-order valence-corrected chi connectivity index (χ1v) is 5.85. The van der Waals surface area contributed by atoms with Gasteiger partial charge in [0.1, 0.15) is 11.6 Å². The molecule has 2 rings (SSSR count). The lowest BCUT2D eigenvalue weighted by molar-refractivity contribution is 0.874. The lowest BCUT2D eigenvalue weighted by Gasteiger charge is -2.16. The molecule has 1 atom stereocenters. The number of benzene rings is 1. The molecule has 0 aliphatic rings. The molecule has 1 heterocycles. The third-order valence-electron chi connectivity index (χ3n) is 2.50. The Kier molecular flexibility index (Phi) is 3.53. The van der Waals surface area contributed by atoms with Crippen molar-refractivity contribution in [2.24, 2.45) is 0 Å². The van der Waals surface area contributed by atoms with Crippen LogP contribution in [0.4, 0.5) is 17.6 Å². The summed E-state index contributed by atoms with van der Waals surface area (Å²) >= 11 is 6.13. The molecule has 0 radical (unpaired) electrons. The minimum Gasteiger partial charge on any atom is -0.383 e. The van der Waals surface area contributed by atoms with E-state index in [0.29, 0.717) is 16.7 Å². The summed E-state index contributed by atoms with van der Waals surface area (Å²) in [5.74, 6) is 1.05. The average molecular weight is 264 g/mol. The van der Waals surface area contributed by atoms with Gasteiger partial charge in [0.15, 0.2) is 0 Å². The molecule has 5 nitrogen and oxygen atoms in total. The summed E-state index contributed by atoms with van der Waals surface area (Å²) in [7, 11) is 0. The van der Waals surface area contributed by atoms with E-state index in [4.69, 9.17) is 23.1 Å². The third kappa shape index (κ3) is 2.81. The van der Waals surface area contributed by atoms with Gasteiger partial charge in [0.25, 0.3) is 0 Å². The van der Waals surface area contributed by atoms with Crippen LogP contribution in [0.1, 0.15) is 18.5 Å². The van der Waals surface area contributed by atoms with Crippen LogP contribution in [0, 0.1) is 0 Å². The Morgan fingerprint density at radius 1 is 1.22 bits per heavy atom. The zero-order valence-electron chi connectivity index (χ0n) is 9.89. The van der Waals surface area contributed by atoms with E-state index in [9.17, 15) is 0 Å². The van der Waals surface area contributed by atoms with Gasteiger partial charge in [0.2, 0.25) is 5.95 Å². The molecule has 6 heteroatoms. The molecule has 5 N–H and O–H groups in total. The van der Waals surface area contributed by atoms with Crippen molar-refractivity contribution in [2.75, 3.05) is 16.8 Å². The average Bonchev–Trinajstić information content (AvgIpc) is 2.27. The van der Waals surface area contributed by atoms with E-state index in [1.807, 2.05) is 31.2 Å². The third-order valence-corrected chi connectivity index (χ3v) is 2.84. The molecule has 0 aliphatic heterocycles. The molecule has 0 amide bonds. The minimum atomic E-state index is -0.00704. The largest absolute Gasteiger partial charge is 0.383 e. The number of nitrogens with zero attached hydrogens (tertiary/aromatic N) is 2. The molecule has 1 aromatic heterocycles. The van der Waals surface area contributed by atoms with Crippen molar-refractivity contribution in [3.63, 3.8) is 0 Å². The number of rotatable bonds is 3. The molecule has 0 aliphatic carbocycles. The highest BCUT2D eigenvalue weighted by atomic mass is 35.5. The molecule has 0 saturated carbocycles. The minimum absolute atomic E-state index is 0.00704. The van der Waals surface area contributed by atoms with Gasteiger partial charge in [-0.25, -0.2) is 0 Å². The lowest BCUT2D eigenvalue weighted by Crippen LogP contribution is -2.10. The lowest BCUT2D eigenvalue weighted by atomic mass is 10.1. The van der Waals surface area contributed by atoms with Gasteiger partial charge in [-0.15, -0.1) is 0 Å². The summed E-state index contributed by atoms with van der Waals surface area (Å²) in [6.45, 7) is 1.98. The first-order valence-electron chi connectivity index (χ1n) is 5.47. The normalized spacial score (nSPS) is 12.1. The van der Waals surface area contributed by atoms with Gasteiger partial charge in [-0.3, -0.25) is 0 Å². The zero-order valence-corrected chi connectivity index (χ0v) is 10.6. The maximum atomic E-state index is 6.13. The monoisotopic (exact) mass is 263 g/mol. The Bertz CT molecular complexity index is 538. The van der Waals surface area contributed by atoms with Crippen LogP contribution in [0.2, 0.25) is 5.02 Å². The van der Waals surface area contributed by atoms with Crippen molar-refractivity contribution in [1.82, 2.24) is 9.97 Å². The number of nitrogens with one attached hydrogen (secondary N) is 1. The molecule has 0 saturated heterocycles. The van der Waals surface area contributed by atoms with Crippen molar-refractivity contribution in [1.29, 1.82) is 0 Å². The van der Waals surface area contributed by atoms with Crippen molar-refractivity contribution in [3.05, 3.63) is 40.9 Å². The fraction of sp³-hybridized carbons (Fsp3) is 0.167. The molecule has 18 heavy (non-hydrogen) atoms. The SMILES string of the molecule is CC(Nc1cc(N)nc(N)n1)c1ccccc1Cl. The number of aromatic nitrogens is 2. The number of anilines is 3. The molecular formula is C12H14ClN5. The van der Waals surface area contributed by atoms with E-state index in [2.05, 4.69) is 15.3 Å². The predicted molar refractivity (Wildman–Crippen MR) is 74.3 cm³/mol. The number of hydrogen-bond donors (Lipinski definition) is 3. The summed E-state index contributed by atoms with van der Waals surface area (Å²) in [5, 5.41) is 3.89. The van der Waals surface area contributed by atoms with Crippen LogP contribution in [0.5, 0.6) is 0 Å². The summed E-state index contributed by atoms with van der Waals surface area (Å²) in [5.41, 5.74) is 12.1. The number of halogens is 1. The first-order chi connectivity index (χ1) is 8.56. The number of hydrogen-bond acceptors (Lipinski definition) is 5. The highest BCUT2D eigenvalue weighted by Crippen LogP contribution is 2.25. The molecule has 2 aromatic rings. The topological polar surface area (TPSA) is 89.8 Å². The van der Waals surface area contributed by atoms with Gasteiger partial charge >= 0.3 is 0 Å². The maximum Gasteiger partial charge on any atom is 0.223 e. The smallest absolute Gasteiger partial charge is 0.223 e. The first kappa shape index (κ1) is 12.4. The summed E-state index contributed by atoms with van der Waals surface area (Å²) in [6, 6.07) is 9.24. The molecule has 1 aromatic carbocycles. The van der Waals surface area contributed by atoms with Crippen LogP contribution in [0.25, 0.3) is 0 Å². The highest BCUT2D eigenvalue weighted by molar-refractivity contribution is 6.31. The van der Waals surface area contributed by atoms with Gasteiger partial charge in [-0.2, -0.15) is 9.97 Å². The van der Waals surface area contributed by atoms with Gasteiger partial charge in [-0.05, 0) is 18.6 Å². The van der Waals surface area contributed by atoms with E-state index in [-0.39, 0.29) is 12.0 Å². The Morgan fingerprint density at radius 2 is 1.94 bits per heavy atom. The van der Waals surface area contributed by atoms with Crippen LogP contribution in [0.15, 0.2) is 30.3 Å². The summed E-state index contributed by atoms with van der Waals surface area (Å²) < 4.78 is 0. The van der Waals surface area contributed by atoms with Crippen LogP contribution in [-0.4, -0.2) is 9.97 Å². The van der Waals surface area contributed by atoms with Gasteiger partial charge in [0, 0.05) is 11.1 Å². The van der Waals surface area contributed by atoms with Crippen molar-refractivity contribution in [3.8, 4) is 0 Å². The van der Waals surface area contributed by atoms with Crippen molar-refractivity contribution < 1.29 is 0 Å². The molecule has 0 bridgehead atoms. The highest BCUT2D eigenvalue weighted by Gasteiger charge is 2.10. The molecule has 1 unspecified atom stereocenters. The Morgan fingerprint density at radius 3 is 2.61 bits per heavy atom. The Balaban J connectivity index is 2.21. The second-order valence-corrected chi connectivity index (χ2v) is 4.33. The molecule has 0 spiro atoms. The summed E-state index contributed by atoms with van der Waals surface area (Å²) in [4.78, 5) is 7.87. The van der Waals surface area contributed by atoms with Crippen LogP contribution in [-0.2, 0) is 0 Å². The van der Waals surface area contributed by atoms with E-state index < -0.39 is 0 Å².